The van der Waals surface area contributed by atoms with Crippen LogP contribution in [0.1, 0.15) is 34.0 Å². The first kappa shape index (κ1) is 22.6. The van der Waals surface area contributed by atoms with Crippen LogP contribution in [0.2, 0.25) is 0 Å². The molecule has 0 bridgehead atoms. The SMILES string of the molecule is CCOC(=O)c1cccc([N+](=O)[O-])c1C=Cc1ccccc1CN1CC(O)C(OC)C1. The number of benzene rings is 2. The minimum atomic E-state index is -0.601. The molecule has 2 aromatic carbocycles. The molecule has 0 radical (unpaired) electrons. The summed E-state index contributed by atoms with van der Waals surface area (Å²) >= 11 is 0. The number of aliphatic hydroxyl groups is 1. The number of ether oxygens (including phenoxy) is 2. The molecule has 0 aromatic heterocycles. The van der Waals surface area contributed by atoms with E-state index in [2.05, 4.69) is 4.90 Å². The van der Waals surface area contributed by atoms with E-state index >= 15 is 0 Å². The molecule has 0 amide bonds. The second-order valence-electron chi connectivity index (χ2n) is 7.28. The van der Waals surface area contributed by atoms with Gasteiger partial charge in [-0.05, 0) is 30.2 Å². The Morgan fingerprint density at radius 1 is 1.23 bits per heavy atom. The van der Waals surface area contributed by atoms with Gasteiger partial charge in [0, 0.05) is 32.8 Å². The first-order valence-corrected chi connectivity index (χ1v) is 10.1. The number of hydrogen-bond acceptors (Lipinski definition) is 7. The van der Waals surface area contributed by atoms with Crippen molar-refractivity contribution in [3.63, 3.8) is 0 Å². The highest BCUT2D eigenvalue weighted by molar-refractivity contribution is 5.97. The lowest BCUT2D eigenvalue weighted by atomic mass is 10.0. The van der Waals surface area contributed by atoms with E-state index in [1.54, 1.807) is 26.2 Å². The Labute approximate surface area is 180 Å². The smallest absolute Gasteiger partial charge is 0.338 e. The number of carbonyl (C=O) groups excluding carboxylic acids is 1. The zero-order valence-corrected chi connectivity index (χ0v) is 17.6. The van der Waals surface area contributed by atoms with Gasteiger partial charge in [0.15, 0.2) is 0 Å². The fourth-order valence-electron chi connectivity index (χ4n) is 3.72. The third-order valence-corrected chi connectivity index (χ3v) is 5.27. The predicted octanol–water partition coefficient (Wildman–Crippen LogP) is 3.13. The highest BCUT2D eigenvalue weighted by Gasteiger charge is 2.31. The summed E-state index contributed by atoms with van der Waals surface area (Å²) in [5.41, 5.74) is 2.06. The van der Waals surface area contributed by atoms with Gasteiger partial charge in [-0.25, -0.2) is 4.79 Å². The van der Waals surface area contributed by atoms with Crippen LogP contribution in [0.3, 0.4) is 0 Å². The molecule has 1 aliphatic heterocycles. The van der Waals surface area contributed by atoms with E-state index < -0.39 is 17.0 Å². The summed E-state index contributed by atoms with van der Waals surface area (Å²) in [6.07, 6.45) is 2.59. The highest BCUT2D eigenvalue weighted by atomic mass is 16.6. The summed E-state index contributed by atoms with van der Waals surface area (Å²) < 4.78 is 10.4. The molecule has 1 aliphatic rings. The fourth-order valence-corrected chi connectivity index (χ4v) is 3.72. The maximum atomic E-state index is 12.3. The average molecular weight is 426 g/mol. The van der Waals surface area contributed by atoms with Gasteiger partial charge in [-0.15, -0.1) is 0 Å². The van der Waals surface area contributed by atoms with Gasteiger partial charge < -0.3 is 14.6 Å². The molecule has 3 rings (SSSR count). The minimum Gasteiger partial charge on any atom is -0.462 e. The van der Waals surface area contributed by atoms with Gasteiger partial charge in [-0.3, -0.25) is 15.0 Å². The molecule has 1 fully saturated rings. The van der Waals surface area contributed by atoms with Crippen molar-refractivity contribution in [2.45, 2.75) is 25.7 Å². The number of hydrogen-bond donors (Lipinski definition) is 1. The van der Waals surface area contributed by atoms with Crippen molar-refractivity contribution in [1.82, 2.24) is 4.90 Å². The maximum absolute atomic E-state index is 12.3. The van der Waals surface area contributed by atoms with Gasteiger partial charge in [0.25, 0.3) is 5.69 Å². The Morgan fingerprint density at radius 3 is 2.68 bits per heavy atom. The Kier molecular flexibility index (Phi) is 7.51. The van der Waals surface area contributed by atoms with E-state index in [4.69, 9.17) is 9.47 Å². The van der Waals surface area contributed by atoms with Crippen molar-refractivity contribution in [3.05, 3.63) is 74.8 Å². The summed E-state index contributed by atoms with van der Waals surface area (Å²) in [4.78, 5) is 25.4. The number of β-amino-alcohol motifs (C(OH)–C–C–N with tert-alkyl or cyclic N) is 1. The second kappa shape index (κ2) is 10.3. The number of nitrogens with zero attached hydrogens (tertiary/aromatic N) is 2. The Balaban J connectivity index is 1.91. The molecule has 31 heavy (non-hydrogen) atoms. The van der Waals surface area contributed by atoms with Crippen LogP contribution in [0, 0.1) is 10.1 Å². The lowest BCUT2D eigenvalue weighted by molar-refractivity contribution is -0.385. The van der Waals surface area contributed by atoms with Crippen LogP contribution in [0.15, 0.2) is 42.5 Å². The van der Waals surface area contributed by atoms with E-state index in [0.29, 0.717) is 19.6 Å². The summed E-state index contributed by atoms with van der Waals surface area (Å²) in [7, 11) is 1.59. The molecule has 8 heteroatoms. The number of rotatable bonds is 8. The Morgan fingerprint density at radius 2 is 2.00 bits per heavy atom. The molecule has 164 valence electrons. The normalized spacial score (nSPS) is 19.1. The van der Waals surface area contributed by atoms with Gasteiger partial charge in [-0.1, -0.05) is 36.4 Å². The summed E-state index contributed by atoms with van der Waals surface area (Å²) in [6, 6.07) is 12.0. The third kappa shape index (κ3) is 5.35. The van der Waals surface area contributed by atoms with Crippen molar-refractivity contribution in [2.75, 3.05) is 26.8 Å². The number of nitro benzene ring substituents is 1. The molecule has 1 saturated heterocycles. The monoisotopic (exact) mass is 426 g/mol. The van der Waals surface area contributed by atoms with Crippen molar-refractivity contribution in [2.24, 2.45) is 0 Å². The number of likely N-dealkylation sites (tertiary alicyclic amines) is 1. The highest BCUT2D eigenvalue weighted by Crippen LogP contribution is 2.27. The Hall–Kier alpha value is -3.07. The number of esters is 1. The Bertz CT molecular complexity index is 974. The maximum Gasteiger partial charge on any atom is 0.338 e. The van der Waals surface area contributed by atoms with Crippen molar-refractivity contribution in [1.29, 1.82) is 0 Å². The van der Waals surface area contributed by atoms with Crippen LogP contribution in [0.25, 0.3) is 12.2 Å². The van der Waals surface area contributed by atoms with Crippen molar-refractivity contribution in [3.8, 4) is 0 Å². The minimum absolute atomic E-state index is 0.149. The first-order chi connectivity index (χ1) is 14.9. The lowest BCUT2D eigenvalue weighted by Gasteiger charge is -2.17. The topological polar surface area (TPSA) is 102 Å². The van der Waals surface area contributed by atoms with Crippen molar-refractivity contribution < 1.29 is 24.3 Å². The van der Waals surface area contributed by atoms with Crippen LogP contribution in [-0.4, -0.2) is 59.9 Å². The molecular weight excluding hydrogens is 400 g/mol. The van der Waals surface area contributed by atoms with Gasteiger partial charge in [-0.2, -0.15) is 0 Å². The number of nitro groups is 1. The van der Waals surface area contributed by atoms with E-state index in [0.717, 1.165) is 11.1 Å². The predicted molar refractivity (Wildman–Crippen MR) is 117 cm³/mol. The number of methoxy groups -OCH3 is 1. The van der Waals surface area contributed by atoms with Crippen LogP contribution >= 0.6 is 0 Å². The third-order valence-electron chi connectivity index (χ3n) is 5.27. The van der Waals surface area contributed by atoms with Crippen LogP contribution in [0.5, 0.6) is 0 Å². The van der Waals surface area contributed by atoms with Gasteiger partial charge in [0.2, 0.25) is 0 Å². The molecular formula is C23H26N2O6. The van der Waals surface area contributed by atoms with E-state index in [9.17, 15) is 20.0 Å². The van der Waals surface area contributed by atoms with E-state index in [1.807, 2.05) is 24.3 Å². The van der Waals surface area contributed by atoms with E-state index in [-0.39, 0.29) is 29.5 Å². The summed E-state index contributed by atoms with van der Waals surface area (Å²) in [6.45, 7) is 3.59. The van der Waals surface area contributed by atoms with E-state index in [1.165, 1.54) is 18.2 Å². The van der Waals surface area contributed by atoms with Crippen LogP contribution in [-0.2, 0) is 16.0 Å². The summed E-state index contributed by atoms with van der Waals surface area (Å²) in [5.74, 6) is -0.601. The first-order valence-electron chi connectivity index (χ1n) is 10.1. The lowest BCUT2D eigenvalue weighted by Crippen LogP contribution is -2.25. The molecule has 0 saturated carbocycles. The zero-order valence-electron chi connectivity index (χ0n) is 17.6. The molecule has 2 aromatic rings. The molecule has 2 unspecified atom stereocenters. The van der Waals surface area contributed by atoms with Gasteiger partial charge in [0.1, 0.15) is 0 Å². The van der Waals surface area contributed by atoms with Crippen molar-refractivity contribution >= 4 is 23.8 Å². The molecule has 0 spiro atoms. The largest absolute Gasteiger partial charge is 0.462 e. The number of carbonyl (C=O) groups is 1. The fraction of sp³-hybridized carbons (Fsp3) is 0.348. The zero-order chi connectivity index (χ0) is 22.4. The average Bonchev–Trinajstić information content (AvgIpc) is 3.12. The molecule has 0 aliphatic carbocycles. The molecule has 8 nitrogen and oxygen atoms in total. The summed E-state index contributed by atoms with van der Waals surface area (Å²) in [5, 5.41) is 21.6. The molecule has 2 atom stereocenters. The van der Waals surface area contributed by atoms with Gasteiger partial charge in [0.05, 0.1) is 34.9 Å². The van der Waals surface area contributed by atoms with Crippen LogP contribution < -0.4 is 0 Å². The molecule has 1 heterocycles. The second-order valence-corrected chi connectivity index (χ2v) is 7.28. The van der Waals surface area contributed by atoms with Gasteiger partial charge >= 0.3 is 5.97 Å². The quantitative estimate of drug-likeness (QED) is 0.299. The number of aliphatic hydroxyl groups excluding tert-OH is 1. The standard InChI is InChI=1S/C23H26N2O6/c1-3-31-23(27)19-9-6-10-20(25(28)29)18(19)12-11-16-7-4-5-8-17(16)13-24-14-21(26)22(15-24)30-2/h4-12,21-22,26H,3,13-15H2,1-2H3. The molecule has 1 N–H and O–H groups in total. The van der Waals surface area contributed by atoms with Crippen LogP contribution in [0.4, 0.5) is 5.69 Å².